The molecular formula is C12H20ClN3O. The van der Waals surface area contributed by atoms with Crippen molar-refractivity contribution in [1.29, 1.82) is 0 Å². The van der Waals surface area contributed by atoms with Crippen LogP contribution in [0.15, 0.2) is 6.20 Å². The van der Waals surface area contributed by atoms with Crippen LogP contribution < -0.4 is 4.90 Å². The Kier molecular flexibility index (Phi) is 5.65. The van der Waals surface area contributed by atoms with Crippen molar-refractivity contribution in [2.75, 3.05) is 32.2 Å². The molecule has 0 unspecified atom stereocenters. The van der Waals surface area contributed by atoms with Gasteiger partial charge in [-0.3, -0.25) is 0 Å². The molecule has 0 atom stereocenters. The van der Waals surface area contributed by atoms with Crippen molar-refractivity contribution in [3.63, 3.8) is 0 Å². The van der Waals surface area contributed by atoms with E-state index in [1.807, 2.05) is 13.2 Å². The summed E-state index contributed by atoms with van der Waals surface area (Å²) >= 11 is 5.94. The Morgan fingerprint density at radius 2 is 2.18 bits per heavy atom. The lowest BCUT2D eigenvalue weighted by molar-refractivity contribution is 0.206. The van der Waals surface area contributed by atoms with E-state index >= 15 is 0 Å². The molecule has 1 aromatic heterocycles. The fourth-order valence-electron chi connectivity index (χ4n) is 1.47. The summed E-state index contributed by atoms with van der Waals surface area (Å²) in [7, 11) is 3.68. The quantitative estimate of drug-likeness (QED) is 0.734. The number of halogens is 1. The van der Waals surface area contributed by atoms with Crippen LogP contribution in [0.5, 0.6) is 0 Å². The Balaban J connectivity index is 2.91. The van der Waals surface area contributed by atoms with Crippen LogP contribution in [-0.2, 0) is 10.6 Å². The second-order valence-corrected chi connectivity index (χ2v) is 4.53. The van der Waals surface area contributed by atoms with Crippen LogP contribution in [0.1, 0.15) is 31.3 Å². The maximum Gasteiger partial charge on any atom is 0.131 e. The smallest absolute Gasteiger partial charge is 0.131 e. The molecule has 0 spiro atoms. The van der Waals surface area contributed by atoms with Gasteiger partial charge in [0.2, 0.25) is 0 Å². The van der Waals surface area contributed by atoms with Crippen molar-refractivity contribution in [3.8, 4) is 0 Å². The predicted octanol–water partition coefficient (Wildman–Crippen LogP) is 2.42. The number of nitrogens with zero attached hydrogens (tertiary/aromatic N) is 3. The molecule has 0 N–H and O–H groups in total. The predicted molar refractivity (Wildman–Crippen MR) is 70.8 cm³/mol. The SMILES string of the molecule is COCCN(C)c1cnc(C(C)C)nc1CCl. The maximum atomic E-state index is 5.94. The molecular weight excluding hydrogens is 238 g/mol. The Morgan fingerprint density at radius 3 is 2.71 bits per heavy atom. The zero-order valence-electron chi connectivity index (χ0n) is 10.9. The van der Waals surface area contributed by atoms with Gasteiger partial charge in [0.25, 0.3) is 0 Å². The van der Waals surface area contributed by atoms with E-state index in [0.717, 1.165) is 23.8 Å². The number of methoxy groups -OCH3 is 1. The van der Waals surface area contributed by atoms with Crippen LogP contribution in [0.3, 0.4) is 0 Å². The molecule has 0 bridgehead atoms. The summed E-state index contributed by atoms with van der Waals surface area (Å²) in [6.07, 6.45) is 1.84. The van der Waals surface area contributed by atoms with E-state index in [-0.39, 0.29) is 0 Å². The molecule has 0 aliphatic heterocycles. The van der Waals surface area contributed by atoms with Crippen molar-refractivity contribution in [2.45, 2.75) is 25.6 Å². The van der Waals surface area contributed by atoms with Gasteiger partial charge < -0.3 is 9.64 Å². The zero-order valence-corrected chi connectivity index (χ0v) is 11.7. The molecule has 17 heavy (non-hydrogen) atoms. The summed E-state index contributed by atoms with van der Waals surface area (Å²) in [5.41, 5.74) is 1.85. The van der Waals surface area contributed by atoms with E-state index in [2.05, 4.69) is 28.7 Å². The van der Waals surface area contributed by atoms with Gasteiger partial charge in [-0.25, -0.2) is 9.97 Å². The number of anilines is 1. The monoisotopic (exact) mass is 257 g/mol. The number of likely N-dealkylation sites (N-methyl/N-ethyl adjacent to an activating group) is 1. The molecule has 0 aliphatic carbocycles. The van der Waals surface area contributed by atoms with Gasteiger partial charge in [0.05, 0.1) is 30.1 Å². The number of rotatable bonds is 6. The van der Waals surface area contributed by atoms with Gasteiger partial charge in [-0.2, -0.15) is 0 Å². The number of hydrogen-bond donors (Lipinski definition) is 0. The summed E-state index contributed by atoms with van der Waals surface area (Å²) in [5.74, 6) is 1.55. The average Bonchev–Trinajstić information content (AvgIpc) is 2.34. The van der Waals surface area contributed by atoms with Crippen LogP contribution in [0.4, 0.5) is 5.69 Å². The van der Waals surface area contributed by atoms with E-state index in [9.17, 15) is 0 Å². The lowest BCUT2D eigenvalue weighted by atomic mass is 10.2. The largest absolute Gasteiger partial charge is 0.383 e. The Bertz CT molecular complexity index is 358. The Labute approximate surface area is 108 Å². The van der Waals surface area contributed by atoms with Crippen LogP contribution in [0.2, 0.25) is 0 Å². The highest BCUT2D eigenvalue weighted by molar-refractivity contribution is 6.17. The molecule has 96 valence electrons. The van der Waals surface area contributed by atoms with Crippen LogP contribution >= 0.6 is 11.6 Å². The van der Waals surface area contributed by atoms with E-state index in [1.54, 1.807) is 7.11 Å². The molecule has 5 heteroatoms. The number of aromatic nitrogens is 2. The molecule has 0 aromatic carbocycles. The third-order valence-corrected chi connectivity index (χ3v) is 2.80. The Morgan fingerprint density at radius 1 is 1.47 bits per heavy atom. The molecule has 0 radical (unpaired) electrons. The molecule has 0 fully saturated rings. The van der Waals surface area contributed by atoms with Gasteiger partial charge >= 0.3 is 0 Å². The maximum absolute atomic E-state index is 5.94. The first kappa shape index (κ1) is 14.2. The second kappa shape index (κ2) is 6.77. The van der Waals surface area contributed by atoms with Crippen LogP contribution in [0.25, 0.3) is 0 Å². The van der Waals surface area contributed by atoms with Crippen LogP contribution in [-0.4, -0.2) is 37.3 Å². The van der Waals surface area contributed by atoms with Gasteiger partial charge in [0.15, 0.2) is 0 Å². The Hall–Kier alpha value is -0.870. The first-order valence-electron chi connectivity index (χ1n) is 5.72. The van der Waals surface area contributed by atoms with Crippen molar-refractivity contribution >= 4 is 17.3 Å². The molecule has 1 aromatic rings. The van der Waals surface area contributed by atoms with Gasteiger partial charge in [-0.1, -0.05) is 13.8 Å². The fraction of sp³-hybridized carbons (Fsp3) is 0.667. The highest BCUT2D eigenvalue weighted by Gasteiger charge is 2.12. The molecule has 0 amide bonds. The third kappa shape index (κ3) is 3.82. The van der Waals surface area contributed by atoms with Gasteiger partial charge in [-0.15, -0.1) is 11.6 Å². The van der Waals surface area contributed by atoms with Gasteiger partial charge in [0, 0.05) is 26.6 Å². The standard InChI is InChI=1S/C12H20ClN3O/c1-9(2)12-14-8-11(10(7-13)15-12)16(3)5-6-17-4/h8-9H,5-7H2,1-4H3. The highest BCUT2D eigenvalue weighted by Crippen LogP contribution is 2.20. The summed E-state index contributed by atoms with van der Waals surface area (Å²) in [6, 6.07) is 0. The van der Waals surface area contributed by atoms with E-state index in [4.69, 9.17) is 16.3 Å². The van der Waals surface area contributed by atoms with Crippen molar-refractivity contribution in [2.24, 2.45) is 0 Å². The first-order chi connectivity index (χ1) is 8.10. The van der Waals surface area contributed by atoms with Crippen molar-refractivity contribution in [3.05, 3.63) is 17.7 Å². The average molecular weight is 258 g/mol. The van der Waals surface area contributed by atoms with Crippen LogP contribution in [0, 0.1) is 0 Å². The molecule has 4 nitrogen and oxygen atoms in total. The summed E-state index contributed by atoms with van der Waals surface area (Å²) in [6.45, 7) is 5.61. The first-order valence-corrected chi connectivity index (χ1v) is 6.25. The van der Waals surface area contributed by atoms with Gasteiger partial charge in [0.1, 0.15) is 5.82 Å². The van der Waals surface area contributed by atoms with Crippen molar-refractivity contribution < 1.29 is 4.74 Å². The summed E-state index contributed by atoms with van der Waals surface area (Å²) in [5, 5.41) is 0. The molecule has 1 heterocycles. The second-order valence-electron chi connectivity index (χ2n) is 4.26. The zero-order chi connectivity index (χ0) is 12.8. The van der Waals surface area contributed by atoms with E-state index in [0.29, 0.717) is 18.4 Å². The topological polar surface area (TPSA) is 38.2 Å². The summed E-state index contributed by atoms with van der Waals surface area (Å²) in [4.78, 5) is 10.9. The molecule has 0 aliphatic rings. The summed E-state index contributed by atoms with van der Waals surface area (Å²) < 4.78 is 5.05. The van der Waals surface area contributed by atoms with Crippen molar-refractivity contribution in [1.82, 2.24) is 9.97 Å². The van der Waals surface area contributed by atoms with E-state index in [1.165, 1.54) is 0 Å². The molecule has 0 saturated carbocycles. The van der Waals surface area contributed by atoms with E-state index < -0.39 is 0 Å². The lowest BCUT2D eigenvalue weighted by Crippen LogP contribution is -2.24. The minimum Gasteiger partial charge on any atom is -0.383 e. The minimum absolute atomic E-state index is 0.315. The molecule has 0 saturated heterocycles. The normalized spacial score (nSPS) is 10.9. The highest BCUT2D eigenvalue weighted by atomic mass is 35.5. The van der Waals surface area contributed by atoms with Gasteiger partial charge in [-0.05, 0) is 0 Å². The number of hydrogen-bond acceptors (Lipinski definition) is 4. The minimum atomic E-state index is 0.315. The fourth-order valence-corrected chi connectivity index (χ4v) is 1.67. The third-order valence-electron chi connectivity index (χ3n) is 2.55. The lowest BCUT2D eigenvalue weighted by Gasteiger charge is -2.21. The number of alkyl halides is 1. The molecule has 1 rings (SSSR count). The number of ether oxygens (including phenoxy) is 1.